The molecule has 1 unspecified atom stereocenters. The number of nitrogens with one attached hydrogen (secondary N) is 1. The second kappa shape index (κ2) is 10.2. The van der Waals surface area contributed by atoms with Crippen molar-refractivity contribution < 1.29 is 13.7 Å². The Kier molecular flexibility index (Phi) is 7.58. The number of amidine groups is 1. The van der Waals surface area contributed by atoms with Crippen LogP contribution >= 0.6 is 0 Å². The molecule has 35 heavy (non-hydrogen) atoms. The van der Waals surface area contributed by atoms with Gasteiger partial charge in [-0.15, -0.1) is 0 Å². The lowest BCUT2D eigenvalue weighted by atomic mass is 9.82. The topological polar surface area (TPSA) is 71.0 Å². The standard InChI is InChI=1S/C28H41N3O3S/c1-19-7-9-21(10-8-19)25-29-26(32)28(30-25)12-14-31(15-13-28)35(33)16-11-23-20(2)17-22(27(3,4)5)18-24(23)34-6/h11,16-19,21H,7-10,12-15H2,1-6H3,(H,29,30,32)/b16-11+. The number of carbonyl (C=O) groups is 1. The SMILES string of the molecule is COc1cc(C(C)(C)C)cc(C)c1/C=C/S(=O)N1CCC2(CC1)N=C(C1CCC(C)CC1)NC2=O. The summed E-state index contributed by atoms with van der Waals surface area (Å²) in [5.41, 5.74) is 2.61. The Morgan fingerprint density at radius 3 is 2.43 bits per heavy atom. The van der Waals surface area contributed by atoms with Gasteiger partial charge in [0.1, 0.15) is 28.1 Å². The van der Waals surface area contributed by atoms with Crippen LogP contribution in [0.5, 0.6) is 5.75 Å². The highest BCUT2D eigenvalue weighted by Crippen LogP contribution is 2.36. The minimum atomic E-state index is -1.28. The molecular weight excluding hydrogens is 458 g/mol. The predicted octanol–water partition coefficient (Wildman–Crippen LogP) is 5.12. The summed E-state index contributed by atoms with van der Waals surface area (Å²) >= 11 is 0. The molecule has 0 aromatic heterocycles. The molecule has 1 saturated carbocycles. The Balaban J connectivity index is 1.41. The fourth-order valence-electron chi connectivity index (χ4n) is 5.44. The number of aryl methyl sites for hydroxylation is 1. The van der Waals surface area contributed by atoms with E-state index in [1.165, 1.54) is 18.4 Å². The number of rotatable bonds is 5. The first-order valence-corrected chi connectivity index (χ1v) is 14.1. The van der Waals surface area contributed by atoms with Crippen LogP contribution in [0.15, 0.2) is 22.5 Å². The summed E-state index contributed by atoms with van der Waals surface area (Å²) in [6, 6.07) is 4.25. The Bertz CT molecular complexity index is 1040. The van der Waals surface area contributed by atoms with Crippen molar-refractivity contribution in [2.75, 3.05) is 20.2 Å². The van der Waals surface area contributed by atoms with Gasteiger partial charge < -0.3 is 10.1 Å². The van der Waals surface area contributed by atoms with E-state index in [1.54, 1.807) is 12.5 Å². The van der Waals surface area contributed by atoms with Crippen molar-refractivity contribution in [3.8, 4) is 5.75 Å². The zero-order valence-corrected chi connectivity index (χ0v) is 23.0. The van der Waals surface area contributed by atoms with Crippen molar-refractivity contribution in [3.05, 3.63) is 34.2 Å². The van der Waals surface area contributed by atoms with E-state index in [0.717, 1.165) is 41.5 Å². The maximum absolute atomic E-state index is 13.1. The Morgan fingerprint density at radius 1 is 1.17 bits per heavy atom. The summed E-state index contributed by atoms with van der Waals surface area (Å²) in [7, 11) is 0.400. The molecular formula is C28H41N3O3S. The summed E-state index contributed by atoms with van der Waals surface area (Å²) in [5.74, 6) is 2.88. The van der Waals surface area contributed by atoms with Crippen LogP contribution in [0.4, 0.5) is 0 Å². The monoisotopic (exact) mass is 499 g/mol. The third-order valence-corrected chi connectivity index (χ3v) is 9.23. The fraction of sp³-hybridized carbons (Fsp3) is 0.643. The molecule has 1 saturated heterocycles. The Hall–Kier alpha value is -1.99. The van der Waals surface area contributed by atoms with Gasteiger partial charge in [-0.1, -0.05) is 46.6 Å². The molecule has 0 radical (unpaired) electrons. The zero-order chi connectivity index (χ0) is 25.4. The van der Waals surface area contributed by atoms with Crippen molar-refractivity contribution in [1.29, 1.82) is 0 Å². The van der Waals surface area contributed by atoms with E-state index in [0.29, 0.717) is 31.8 Å². The maximum Gasteiger partial charge on any atom is 0.253 e. The molecule has 2 fully saturated rings. The number of methoxy groups -OCH3 is 1. The molecule has 1 aliphatic carbocycles. The molecule has 3 aliphatic rings. The number of benzene rings is 1. The third-order valence-electron chi connectivity index (χ3n) is 7.99. The Morgan fingerprint density at radius 2 is 1.83 bits per heavy atom. The molecule has 1 spiro atoms. The number of carbonyl (C=O) groups excluding carboxylic acids is 1. The highest BCUT2D eigenvalue weighted by molar-refractivity contribution is 7.85. The van der Waals surface area contributed by atoms with E-state index >= 15 is 0 Å². The van der Waals surface area contributed by atoms with Crippen LogP contribution in [0.2, 0.25) is 0 Å². The van der Waals surface area contributed by atoms with E-state index in [-0.39, 0.29) is 11.3 Å². The van der Waals surface area contributed by atoms with Gasteiger partial charge in [0, 0.05) is 30.0 Å². The first kappa shape index (κ1) is 26.1. The summed E-state index contributed by atoms with van der Waals surface area (Å²) in [5, 5.41) is 4.85. The van der Waals surface area contributed by atoms with Crippen LogP contribution < -0.4 is 10.1 Å². The van der Waals surface area contributed by atoms with Gasteiger partial charge in [0.05, 0.1) is 7.11 Å². The van der Waals surface area contributed by atoms with Crippen molar-refractivity contribution in [2.24, 2.45) is 16.8 Å². The second-order valence-electron chi connectivity index (χ2n) is 11.6. The van der Waals surface area contributed by atoms with Gasteiger partial charge >= 0.3 is 0 Å². The first-order chi connectivity index (χ1) is 16.5. The van der Waals surface area contributed by atoms with Crippen LogP contribution in [0.25, 0.3) is 6.08 Å². The number of amides is 1. The highest BCUT2D eigenvalue weighted by Gasteiger charge is 2.47. The van der Waals surface area contributed by atoms with E-state index in [4.69, 9.17) is 9.73 Å². The molecule has 192 valence electrons. The van der Waals surface area contributed by atoms with Gasteiger partial charge in [0.15, 0.2) is 0 Å². The van der Waals surface area contributed by atoms with Crippen molar-refractivity contribution in [1.82, 2.24) is 9.62 Å². The number of aliphatic imine (C=N–C) groups is 1. The molecule has 0 bridgehead atoms. The van der Waals surface area contributed by atoms with Gasteiger partial charge in [-0.05, 0) is 67.2 Å². The van der Waals surface area contributed by atoms with Crippen molar-refractivity contribution in [2.45, 2.75) is 84.1 Å². The summed E-state index contributed by atoms with van der Waals surface area (Å²) in [4.78, 5) is 17.9. The van der Waals surface area contributed by atoms with Gasteiger partial charge in [-0.2, -0.15) is 0 Å². The summed E-state index contributed by atoms with van der Waals surface area (Å²) in [6.07, 6.45) is 7.74. The molecule has 7 heteroatoms. The first-order valence-electron chi connectivity index (χ1n) is 13.0. The zero-order valence-electron chi connectivity index (χ0n) is 22.1. The Labute approximate surface area is 213 Å². The van der Waals surface area contributed by atoms with Gasteiger partial charge in [-0.3, -0.25) is 9.79 Å². The number of nitrogens with zero attached hydrogens (tertiary/aromatic N) is 2. The maximum atomic E-state index is 13.1. The number of hydrogen-bond donors (Lipinski definition) is 1. The lowest BCUT2D eigenvalue weighted by Crippen LogP contribution is -2.49. The van der Waals surface area contributed by atoms with Crippen LogP contribution in [-0.2, 0) is 21.2 Å². The largest absolute Gasteiger partial charge is 0.496 e. The van der Waals surface area contributed by atoms with E-state index in [1.807, 2.05) is 10.4 Å². The molecule has 1 atom stereocenters. The summed E-state index contributed by atoms with van der Waals surface area (Å²) < 4.78 is 20.7. The molecule has 2 heterocycles. The van der Waals surface area contributed by atoms with Gasteiger partial charge in [-0.25, -0.2) is 8.51 Å². The fourth-order valence-corrected chi connectivity index (χ4v) is 6.40. The molecule has 1 aromatic carbocycles. The highest BCUT2D eigenvalue weighted by atomic mass is 32.2. The average molecular weight is 500 g/mol. The van der Waals surface area contributed by atoms with Crippen LogP contribution in [0, 0.1) is 18.8 Å². The van der Waals surface area contributed by atoms with Crippen molar-refractivity contribution >= 4 is 28.8 Å². The smallest absolute Gasteiger partial charge is 0.253 e. The van der Waals surface area contributed by atoms with Crippen LogP contribution in [-0.4, -0.2) is 46.0 Å². The predicted molar refractivity (Wildman–Crippen MR) is 144 cm³/mol. The lowest BCUT2D eigenvalue weighted by Gasteiger charge is -2.34. The number of ether oxygens (including phenoxy) is 1. The number of piperidine rings is 1. The second-order valence-corrected chi connectivity index (χ2v) is 12.9. The minimum Gasteiger partial charge on any atom is -0.496 e. The normalized spacial score (nSPS) is 26.1. The molecule has 1 aromatic rings. The minimum absolute atomic E-state index is 0.0249. The van der Waals surface area contributed by atoms with Gasteiger partial charge in [0.2, 0.25) is 0 Å². The van der Waals surface area contributed by atoms with Crippen LogP contribution in [0.1, 0.15) is 82.9 Å². The summed E-state index contributed by atoms with van der Waals surface area (Å²) in [6.45, 7) is 12.1. The van der Waals surface area contributed by atoms with E-state index < -0.39 is 16.5 Å². The lowest BCUT2D eigenvalue weighted by molar-refractivity contribution is -0.124. The van der Waals surface area contributed by atoms with Crippen LogP contribution in [0.3, 0.4) is 0 Å². The third kappa shape index (κ3) is 5.56. The van der Waals surface area contributed by atoms with E-state index in [2.05, 4.69) is 52.1 Å². The molecule has 1 amide bonds. The van der Waals surface area contributed by atoms with Gasteiger partial charge in [0.25, 0.3) is 5.91 Å². The average Bonchev–Trinajstić information content (AvgIpc) is 3.13. The quantitative estimate of drug-likeness (QED) is 0.611. The molecule has 1 N–H and O–H groups in total. The molecule has 2 aliphatic heterocycles. The number of hydrogen-bond acceptors (Lipinski definition) is 4. The molecule has 4 rings (SSSR count). The van der Waals surface area contributed by atoms with E-state index in [9.17, 15) is 9.00 Å². The molecule has 6 nitrogen and oxygen atoms in total. The van der Waals surface area contributed by atoms with Crippen molar-refractivity contribution in [3.63, 3.8) is 0 Å².